The third-order valence-corrected chi connectivity index (χ3v) is 8.11. The van der Waals surface area contributed by atoms with Gasteiger partial charge in [-0.25, -0.2) is 0 Å². The Kier molecular flexibility index (Phi) is 12.1. The summed E-state index contributed by atoms with van der Waals surface area (Å²) in [5.74, 6) is -83.2. The van der Waals surface area contributed by atoms with Gasteiger partial charge in [0.05, 0.1) is 13.2 Å². The van der Waals surface area contributed by atoms with Gasteiger partial charge >= 0.3 is 71.4 Å². The minimum Gasteiger partial charge on any atom is -0.465 e. The van der Waals surface area contributed by atoms with Gasteiger partial charge in [-0.15, -0.1) is 0 Å². The third-order valence-electron chi connectivity index (χ3n) is 7.05. The average molecular weight is 884 g/mol. The highest BCUT2D eigenvalue weighted by molar-refractivity contribution is 14.1. The lowest BCUT2D eigenvalue weighted by Gasteiger charge is -2.44. The molecule has 49 heavy (non-hydrogen) atoms. The maximum absolute atomic E-state index is 14.7. The zero-order valence-corrected chi connectivity index (χ0v) is 25.8. The quantitative estimate of drug-likeness (QED) is 0.0437. The number of esters is 2. The van der Waals surface area contributed by atoms with Crippen LogP contribution in [-0.4, -0.2) is 89.1 Å². The summed E-state index contributed by atoms with van der Waals surface area (Å²) in [5.41, 5.74) is -4.09. The Morgan fingerprint density at radius 1 is 0.612 bits per heavy atom. The molecule has 0 heterocycles. The van der Waals surface area contributed by atoms with E-state index < -0.39 is 125 Å². The van der Waals surface area contributed by atoms with E-state index in [2.05, 4.69) is 9.47 Å². The SMILES string of the molecule is CCOC(=O)C1(C(=O)OCC)C/C(=C\C(F)(F)C(F)(F)C(F)(F)C(F)(F)C(F)(F)C(F)(F)C(F)(F)C(F)(F)C(F)(F)C(F)(F)F)C(CI)C1. The number of ether oxygens (including phenoxy) is 2. The molecule has 0 saturated heterocycles. The Morgan fingerprint density at radius 3 is 1.20 bits per heavy atom. The number of carbonyl (C=O) groups is 2. The van der Waals surface area contributed by atoms with E-state index in [1.54, 1.807) is 0 Å². The molecule has 0 N–H and O–H groups in total. The van der Waals surface area contributed by atoms with Crippen LogP contribution in [0.2, 0.25) is 0 Å². The minimum atomic E-state index is -9.27. The van der Waals surface area contributed by atoms with Gasteiger partial charge in [0.1, 0.15) is 0 Å². The van der Waals surface area contributed by atoms with Crippen LogP contribution >= 0.6 is 22.6 Å². The molecule has 0 aromatic carbocycles. The number of carbonyl (C=O) groups excluding carboxylic acids is 2. The Labute approximate surface area is 272 Å². The van der Waals surface area contributed by atoms with Crippen molar-refractivity contribution in [1.29, 1.82) is 0 Å². The van der Waals surface area contributed by atoms with Crippen molar-refractivity contribution in [1.82, 2.24) is 0 Å². The number of alkyl halides is 22. The second-order valence-corrected chi connectivity index (χ2v) is 11.1. The van der Waals surface area contributed by atoms with Crippen LogP contribution in [0.3, 0.4) is 0 Å². The lowest BCUT2D eigenvalue weighted by molar-refractivity contribution is -0.473. The van der Waals surface area contributed by atoms with E-state index in [-0.39, 0.29) is 0 Å². The monoisotopic (exact) mass is 884 g/mol. The highest BCUT2D eigenvalue weighted by Gasteiger charge is 2.97. The van der Waals surface area contributed by atoms with Gasteiger partial charge in [-0.2, -0.15) is 92.2 Å². The zero-order chi connectivity index (χ0) is 39.5. The Morgan fingerprint density at radius 2 is 0.918 bits per heavy atom. The summed E-state index contributed by atoms with van der Waals surface area (Å²) in [5, 5.41) is 0. The van der Waals surface area contributed by atoms with Gasteiger partial charge in [0.25, 0.3) is 0 Å². The number of hydrogen-bond donors (Lipinski definition) is 0. The molecule has 288 valence electrons. The molecule has 1 aliphatic rings. The summed E-state index contributed by atoms with van der Waals surface area (Å²) < 4.78 is 296. The molecule has 1 rings (SSSR count). The third kappa shape index (κ3) is 6.38. The second-order valence-electron chi connectivity index (χ2n) is 10.2. The molecule has 1 atom stereocenters. The highest BCUT2D eigenvalue weighted by atomic mass is 127. The van der Waals surface area contributed by atoms with Crippen LogP contribution in [0.15, 0.2) is 11.6 Å². The topological polar surface area (TPSA) is 52.6 Å². The fourth-order valence-corrected chi connectivity index (χ4v) is 5.14. The van der Waals surface area contributed by atoms with Crippen LogP contribution in [0.4, 0.5) is 92.2 Å². The van der Waals surface area contributed by atoms with Gasteiger partial charge in [-0.3, -0.25) is 9.59 Å². The van der Waals surface area contributed by atoms with Gasteiger partial charge in [0.15, 0.2) is 5.41 Å². The molecule has 0 aromatic rings. The van der Waals surface area contributed by atoms with Crippen LogP contribution in [-0.2, 0) is 19.1 Å². The lowest BCUT2D eigenvalue weighted by atomic mass is 9.85. The predicted octanol–water partition coefficient (Wildman–Crippen LogP) is 9.15. The van der Waals surface area contributed by atoms with Crippen LogP contribution in [0, 0.1) is 11.3 Å². The minimum absolute atomic E-state index is 0.541. The first kappa shape index (κ1) is 45.0. The van der Waals surface area contributed by atoms with E-state index in [0.717, 1.165) is 13.8 Å². The fraction of sp³-hybridized carbons (Fsp3) is 0.826. The summed E-state index contributed by atoms with van der Waals surface area (Å²) in [4.78, 5) is 25.1. The van der Waals surface area contributed by atoms with E-state index >= 15 is 0 Å². The Bertz CT molecular complexity index is 1260. The number of halogens is 22. The zero-order valence-electron chi connectivity index (χ0n) is 23.6. The largest absolute Gasteiger partial charge is 0.465 e. The van der Waals surface area contributed by atoms with E-state index in [1.165, 1.54) is 22.6 Å². The molecule has 1 saturated carbocycles. The number of rotatable bonds is 14. The van der Waals surface area contributed by atoms with Gasteiger partial charge in [-0.05, 0) is 38.7 Å². The van der Waals surface area contributed by atoms with E-state index in [9.17, 15) is 102 Å². The average Bonchev–Trinajstić information content (AvgIpc) is 3.30. The van der Waals surface area contributed by atoms with Crippen molar-refractivity contribution in [2.24, 2.45) is 11.3 Å². The first-order valence-corrected chi connectivity index (χ1v) is 14.1. The van der Waals surface area contributed by atoms with Gasteiger partial charge in [0.2, 0.25) is 0 Å². The molecule has 0 aliphatic heterocycles. The summed E-state index contributed by atoms with van der Waals surface area (Å²) in [6, 6.07) is 0. The van der Waals surface area contributed by atoms with Crippen LogP contribution in [0.1, 0.15) is 26.7 Å². The molecule has 26 heteroatoms. The molecule has 4 nitrogen and oxygen atoms in total. The molecule has 0 aromatic heterocycles. The summed E-state index contributed by atoms with van der Waals surface area (Å²) >= 11 is 1.27. The summed E-state index contributed by atoms with van der Waals surface area (Å²) in [7, 11) is 0. The van der Waals surface area contributed by atoms with Crippen molar-refractivity contribution in [3.8, 4) is 0 Å². The van der Waals surface area contributed by atoms with Crippen LogP contribution < -0.4 is 0 Å². The predicted molar refractivity (Wildman–Crippen MR) is 126 cm³/mol. The molecule has 0 amide bonds. The summed E-state index contributed by atoms with van der Waals surface area (Å²) in [6.07, 6.45) is -12.0. The normalized spacial score (nSPS) is 20.1. The van der Waals surface area contributed by atoms with Gasteiger partial charge < -0.3 is 9.47 Å². The smallest absolute Gasteiger partial charge is 0.460 e. The number of allylic oxidation sites excluding steroid dienone is 2. The number of hydrogen-bond acceptors (Lipinski definition) is 4. The Balaban J connectivity index is 3.88. The van der Waals surface area contributed by atoms with Crippen LogP contribution in [0.25, 0.3) is 0 Å². The van der Waals surface area contributed by atoms with Crippen molar-refractivity contribution in [3.63, 3.8) is 0 Å². The standard InChI is InChI=1S/C23H18F21IO4/c1-3-48-11(46)13(12(47)49-4-2)5-9(10(6-13)8-45)7-14(24,25)15(26,27)16(28,29)17(30,31)18(32,33)19(34,35)20(36,37)21(38,39)22(40,41)23(42,43)44/h7,10H,3-6,8H2,1-2H3/b9-7+. The maximum atomic E-state index is 14.7. The Hall–Kier alpha value is -2.06. The first-order chi connectivity index (χ1) is 21.4. The maximum Gasteiger partial charge on any atom is 0.460 e. The van der Waals surface area contributed by atoms with Crippen molar-refractivity contribution in [2.75, 3.05) is 17.6 Å². The molecule has 0 radical (unpaired) electrons. The van der Waals surface area contributed by atoms with Crippen LogP contribution in [0.5, 0.6) is 0 Å². The molecule has 0 bridgehead atoms. The van der Waals surface area contributed by atoms with E-state index in [4.69, 9.17) is 0 Å². The van der Waals surface area contributed by atoms with Gasteiger partial charge in [-0.1, -0.05) is 28.2 Å². The lowest BCUT2D eigenvalue weighted by Crippen LogP contribution is -2.76. The van der Waals surface area contributed by atoms with Crippen molar-refractivity contribution >= 4 is 34.5 Å². The first-order valence-electron chi connectivity index (χ1n) is 12.5. The fourth-order valence-electron chi connectivity index (χ4n) is 4.27. The molecule has 1 aliphatic carbocycles. The second kappa shape index (κ2) is 13.2. The summed E-state index contributed by atoms with van der Waals surface area (Å²) in [6.45, 7) is 1.18. The highest BCUT2D eigenvalue weighted by Crippen LogP contribution is 2.66. The molecule has 0 spiro atoms. The van der Waals surface area contributed by atoms with Crippen molar-refractivity contribution in [2.45, 2.75) is 86.2 Å². The molecule has 1 fully saturated rings. The van der Waals surface area contributed by atoms with Gasteiger partial charge in [0, 0.05) is 4.43 Å². The molecular weight excluding hydrogens is 866 g/mol. The van der Waals surface area contributed by atoms with E-state index in [1.807, 2.05) is 0 Å². The molecular formula is C23H18F21IO4. The van der Waals surface area contributed by atoms with Crippen molar-refractivity contribution < 1.29 is 111 Å². The van der Waals surface area contributed by atoms with Crippen molar-refractivity contribution in [3.05, 3.63) is 11.6 Å². The molecule has 1 unspecified atom stereocenters. The van der Waals surface area contributed by atoms with E-state index in [0.29, 0.717) is 0 Å².